The van der Waals surface area contributed by atoms with Crippen LogP contribution in [0.4, 0.5) is 0 Å². The lowest BCUT2D eigenvalue weighted by Gasteiger charge is -2.20. The Hall–Kier alpha value is -1.40. The highest BCUT2D eigenvalue weighted by molar-refractivity contribution is 7.14. The number of nitrogens with zero attached hydrogens (tertiary/aromatic N) is 1. The predicted molar refractivity (Wildman–Crippen MR) is 83.6 cm³/mol. The largest absolute Gasteiger partial charge is 0.338 e. The summed E-state index contributed by atoms with van der Waals surface area (Å²) in [6.07, 6.45) is 5.13. The maximum absolute atomic E-state index is 12.2. The molecule has 0 saturated carbocycles. The van der Waals surface area contributed by atoms with Crippen molar-refractivity contribution < 1.29 is 9.59 Å². The van der Waals surface area contributed by atoms with Crippen LogP contribution in [0.5, 0.6) is 0 Å². The Labute approximate surface area is 129 Å². The molecular formula is C15H23N3O2S. The van der Waals surface area contributed by atoms with E-state index in [1.54, 1.807) is 6.07 Å². The van der Waals surface area contributed by atoms with Gasteiger partial charge in [-0.1, -0.05) is 19.8 Å². The minimum absolute atomic E-state index is 0.229. The maximum atomic E-state index is 12.2. The molecule has 1 aliphatic heterocycles. The normalized spacial score (nSPS) is 19.4. The lowest BCUT2D eigenvalue weighted by atomic mass is 9.96. The van der Waals surface area contributed by atoms with Crippen LogP contribution in [0.15, 0.2) is 12.1 Å². The SMILES string of the molecule is CCCC1CCC(=O)N(Cc2ccc(C(=O)NN)s2)CC1. The highest BCUT2D eigenvalue weighted by Gasteiger charge is 2.22. The molecule has 1 aromatic heterocycles. The zero-order valence-electron chi connectivity index (χ0n) is 12.4. The maximum Gasteiger partial charge on any atom is 0.275 e. The van der Waals surface area contributed by atoms with Gasteiger partial charge in [-0.3, -0.25) is 15.0 Å². The molecule has 2 heterocycles. The minimum atomic E-state index is -0.281. The zero-order valence-corrected chi connectivity index (χ0v) is 13.2. The number of rotatable bonds is 5. The third-order valence-corrected chi connectivity index (χ3v) is 5.06. The monoisotopic (exact) mass is 309 g/mol. The molecule has 0 spiro atoms. The van der Waals surface area contributed by atoms with Crippen molar-refractivity contribution in [3.63, 3.8) is 0 Å². The average molecular weight is 309 g/mol. The summed E-state index contributed by atoms with van der Waals surface area (Å²) < 4.78 is 0. The summed E-state index contributed by atoms with van der Waals surface area (Å²) in [5.41, 5.74) is 2.13. The molecule has 5 nitrogen and oxygen atoms in total. The second-order valence-electron chi connectivity index (χ2n) is 5.54. The van der Waals surface area contributed by atoms with Crippen molar-refractivity contribution in [1.29, 1.82) is 0 Å². The van der Waals surface area contributed by atoms with Gasteiger partial charge in [0.05, 0.1) is 11.4 Å². The number of nitrogen functional groups attached to an aromatic ring is 1. The Morgan fingerprint density at radius 3 is 3.00 bits per heavy atom. The third kappa shape index (κ3) is 4.28. The molecule has 1 aliphatic rings. The molecule has 21 heavy (non-hydrogen) atoms. The van der Waals surface area contributed by atoms with E-state index in [2.05, 4.69) is 12.3 Å². The van der Waals surface area contributed by atoms with E-state index in [1.165, 1.54) is 24.2 Å². The predicted octanol–water partition coefficient (Wildman–Crippen LogP) is 2.28. The van der Waals surface area contributed by atoms with Crippen molar-refractivity contribution in [2.75, 3.05) is 6.54 Å². The number of hydrogen-bond donors (Lipinski definition) is 2. The fourth-order valence-corrected chi connectivity index (χ4v) is 3.73. The molecule has 0 aromatic carbocycles. The first kappa shape index (κ1) is 16.0. The second kappa shape index (κ2) is 7.56. The van der Waals surface area contributed by atoms with Gasteiger partial charge in [-0.05, 0) is 30.9 Å². The molecule has 2 rings (SSSR count). The highest BCUT2D eigenvalue weighted by Crippen LogP contribution is 2.25. The number of carbonyl (C=O) groups is 2. The van der Waals surface area contributed by atoms with Gasteiger partial charge in [0.15, 0.2) is 0 Å². The Bertz CT molecular complexity index is 501. The van der Waals surface area contributed by atoms with Gasteiger partial charge in [-0.25, -0.2) is 5.84 Å². The number of nitrogens with two attached hydrogens (primary N) is 1. The number of hydrazine groups is 1. The highest BCUT2D eigenvalue weighted by atomic mass is 32.1. The van der Waals surface area contributed by atoms with Crippen molar-refractivity contribution in [3.05, 3.63) is 21.9 Å². The fraction of sp³-hybridized carbons (Fsp3) is 0.600. The van der Waals surface area contributed by atoms with Crippen LogP contribution in [-0.4, -0.2) is 23.3 Å². The first-order chi connectivity index (χ1) is 10.1. The van der Waals surface area contributed by atoms with Crippen LogP contribution in [0.1, 0.15) is 53.6 Å². The standard InChI is InChI=1S/C15H23N3O2S/c1-2-3-11-4-7-14(19)18(9-8-11)10-12-5-6-13(21-12)15(20)17-16/h5-6,11H,2-4,7-10,16H2,1H3,(H,17,20). The molecule has 0 radical (unpaired) electrons. The summed E-state index contributed by atoms with van der Waals surface area (Å²) in [5.74, 6) is 5.75. The Kier molecular flexibility index (Phi) is 5.76. The van der Waals surface area contributed by atoms with Gasteiger partial charge >= 0.3 is 0 Å². The average Bonchev–Trinajstić information content (AvgIpc) is 2.88. The van der Waals surface area contributed by atoms with E-state index in [0.717, 1.165) is 24.3 Å². The summed E-state index contributed by atoms with van der Waals surface area (Å²) >= 11 is 1.39. The minimum Gasteiger partial charge on any atom is -0.338 e. The number of hydrogen-bond acceptors (Lipinski definition) is 4. The smallest absolute Gasteiger partial charge is 0.275 e. The molecule has 6 heteroatoms. The molecule has 3 N–H and O–H groups in total. The second-order valence-corrected chi connectivity index (χ2v) is 6.71. The van der Waals surface area contributed by atoms with Crippen molar-refractivity contribution in [1.82, 2.24) is 10.3 Å². The van der Waals surface area contributed by atoms with Crippen LogP contribution in [0, 0.1) is 5.92 Å². The van der Waals surface area contributed by atoms with Gasteiger partial charge in [-0.15, -0.1) is 11.3 Å². The number of nitrogens with one attached hydrogen (secondary N) is 1. The topological polar surface area (TPSA) is 75.4 Å². The van der Waals surface area contributed by atoms with Crippen LogP contribution in [0.2, 0.25) is 0 Å². The van der Waals surface area contributed by atoms with Crippen LogP contribution < -0.4 is 11.3 Å². The Morgan fingerprint density at radius 1 is 1.48 bits per heavy atom. The molecular weight excluding hydrogens is 286 g/mol. The number of thiophene rings is 1. The molecule has 2 amide bonds. The summed E-state index contributed by atoms with van der Waals surface area (Å²) in [7, 11) is 0. The van der Waals surface area contributed by atoms with E-state index in [4.69, 9.17) is 5.84 Å². The molecule has 116 valence electrons. The molecule has 1 saturated heterocycles. The molecule has 1 atom stereocenters. The van der Waals surface area contributed by atoms with Gasteiger partial charge in [-0.2, -0.15) is 0 Å². The van der Waals surface area contributed by atoms with E-state index in [9.17, 15) is 9.59 Å². The number of amides is 2. The molecule has 1 unspecified atom stereocenters. The summed E-state index contributed by atoms with van der Waals surface area (Å²) in [6, 6.07) is 3.65. The van der Waals surface area contributed by atoms with Crippen LogP contribution in [-0.2, 0) is 11.3 Å². The Morgan fingerprint density at radius 2 is 2.29 bits per heavy atom. The van der Waals surface area contributed by atoms with Crippen LogP contribution >= 0.6 is 11.3 Å². The van der Waals surface area contributed by atoms with Crippen molar-refractivity contribution in [3.8, 4) is 0 Å². The van der Waals surface area contributed by atoms with E-state index < -0.39 is 0 Å². The van der Waals surface area contributed by atoms with Crippen molar-refractivity contribution >= 4 is 23.2 Å². The first-order valence-corrected chi connectivity index (χ1v) is 8.33. The quantitative estimate of drug-likeness (QED) is 0.498. The molecule has 1 aromatic rings. The van der Waals surface area contributed by atoms with Gasteiger partial charge in [0.1, 0.15) is 0 Å². The van der Waals surface area contributed by atoms with Gasteiger partial charge in [0.25, 0.3) is 5.91 Å². The summed E-state index contributed by atoms with van der Waals surface area (Å²) in [6.45, 7) is 3.61. The summed E-state index contributed by atoms with van der Waals surface area (Å²) in [5, 5.41) is 0. The Balaban J connectivity index is 1.96. The van der Waals surface area contributed by atoms with Gasteiger partial charge in [0.2, 0.25) is 5.91 Å². The third-order valence-electron chi connectivity index (χ3n) is 3.99. The molecule has 0 bridgehead atoms. The number of likely N-dealkylation sites (tertiary alicyclic amines) is 1. The van der Waals surface area contributed by atoms with Crippen LogP contribution in [0.25, 0.3) is 0 Å². The van der Waals surface area contributed by atoms with E-state index in [1.807, 2.05) is 11.0 Å². The molecule has 0 aliphatic carbocycles. The van der Waals surface area contributed by atoms with E-state index >= 15 is 0 Å². The van der Waals surface area contributed by atoms with Gasteiger partial charge < -0.3 is 4.90 Å². The fourth-order valence-electron chi connectivity index (χ4n) is 2.80. The van der Waals surface area contributed by atoms with Gasteiger partial charge in [0, 0.05) is 17.8 Å². The molecule has 1 fully saturated rings. The lowest BCUT2D eigenvalue weighted by molar-refractivity contribution is -0.131. The summed E-state index contributed by atoms with van der Waals surface area (Å²) in [4.78, 5) is 27.2. The lowest BCUT2D eigenvalue weighted by Crippen LogP contribution is -2.29. The number of carbonyl (C=O) groups excluding carboxylic acids is 2. The van der Waals surface area contributed by atoms with E-state index in [0.29, 0.717) is 23.8 Å². The van der Waals surface area contributed by atoms with Crippen molar-refractivity contribution in [2.24, 2.45) is 11.8 Å². The van der Waals surface area contributed by atoms with Crippen molar-refractivity contribution in [2.45, 2.75) is 45.6 Å². The van der Waals surface area contributed by atoms with E-state index in [-0.39, 0.29) is 11.8 Å². The zero-order chi connectivity index (χ0) is 15.2. The van der Waals surface area contributed by atoms with Crippen LogP contribution in [0.3, 0.4) is 0 Å². The first-order valence-electron chi connectivity index (χ1n) is 7.51.